The number of carbonyl (C=O) groups is 1. The zero-order valence-corrected chi connectivity index (χ0v) is 14.4. The Kier molecular flexibility index (Phi) is 5.21. The maximum Gasteiger partial charge on any atom is 0.353 e. The van der Waals surface area contributed by atoms with E-state index < -0.39 is 22.2 Å². The van der Waals surface area contributed by atoms with Gasteiger partial charge in [0.15, 0.2) is 5.78 Å². The number of benzene rings is 2. The van der Waals surface area contributed by atoms with Gasteiger partial charge in [-0.2, -0.15) is 0 Å². The van der Waals surface area contributed by atoms with Gasteiger partial charge in [0.05, 0.1) is 10.6 Å². The van der Waals surface area contributed by atoms with E-state index >= 15 is 0 Å². The summed E-state index contributed by atoms with van der Waals surface area (Å²) in [6.45, 7) is 1.42. The Balaban J connectivity index is 1.96. The number of nitrogens with one attached hydrogen (secondary N) is 2. The quantitative estimate of drug-likeness (QED) is 0.369. The molecule has 142 valence electrons. The summed E-state index contributed by atoms with van der Waals surface area (Å²) in [6, 6.07) is 8.89. The molecule has 0 amide bonds. The number of carbonyl (C=O) groups excluding carboxylic acids is 1. The monoisotopic (exact) mass is 385 g/mol. The number of hydrogen-bond donors (Lipinski definition) is 2. The van der Waals surface area contributed by atoms with Gasteiger partial charge >= 0.3 is 5.69 Å². The molecule has 28 heavy (non-hydrogen) atoms. The van der Waals surface area contributed by atoms with Gasteiger partial charge in [-0.3, -0.25) is 14.9 Å². The lowest BCUT2D eigenvalue weighted by Gasteiger charge is -2.11. The summed E-state index contributed by atoms with van der Waals surface area (Å²) >= 11 is 0. The molecule has 2 aromatic carbocycles. The predicted octanol–water partition coefficient (Wildman–Crippen LogP) is 4.35. The summed E-state index contributed by atoms with van der Waals surface area (Å²) < 4.78 is 27.2. The second-order valence-electron chi connectivity index (χ2n) is 5.68. The van der Waals surface area contributed by atoms with E-state index in [0.29, 0.717) is 11.3 Å². The first kappa shape index (κ1) is 18.8. The van der Waals surface area contributed by atoms with Crippen LogP contribution in [-0.2, 0) is 0 Å². The number of halogens is 2. The van der Waals surface area contributed by atoms with Crippen LogP contribution in [0.15, 0.2) is 48.8 Å². The van der Waals surface area contributed by atoms with E-state index in [1.54, 1.807) is 24.3 Å². The summed E-state index contributed by atoms with van der Waals surface area (Å²) in [6.07, 6.45) is 1.04. The fraction of sp³-hybridized carbons (Fsp3) is 0.0556. The predicted molar refractivity (Wildman–Crippen MR) is 98.1 cm³/mol. The summed E-state index contributed by atoms with van der Waals surface area (Å²) in [4.78, 5) is 29.8. The van der Waals surface area contributed by atoms with Gasteiger partial charge < -0.3 is 10.6 Å². The van der Waals surface area contributed by atoms with Crippen molar-refractivity contribution in [2.75, 3.05) is 10.6 Å². The first-order chi connectivity index (χ1) is 13.3. The molecule has 0 bridgehead atoms. The number of aromatic nitrogens is 2. The van der Waals surface area contributed by atoms with Crippen molar-refractivity contribution >= 4 is 34.5 Å². The average molecular weight is 385 g/mol. The Labute approximate surface area is 157 Å². The van der Waals surface area contributed by atoms with Crippen LogP contribution in [0.1, 0.15) is 17.3 Å². The van der Waals surface area contributed by atoms with Gasteiger partial charge in [0.2, 0.25) is 11.6 Å². The molecule has 0 atom stereocenters. The van der Waals surface area contributed by atoms with Crippen molar-refractivity contribution in [3.63, 3.8) is 0 Å². The van der Waals surface area contributed by atoms with Gasteiger partial charge in [-0.05, 0) is 43.3 Å². The molecule has 0 aliphatic heterocycles. The Morgan fingerprint density at radius 2 is 1.68 bits per heavy atom. The van der Waals surface area contributed by atoms with Gasteiger partial charge in [0.25, 0.3) is 0 Å². The number of nitrogens with zero attached hydrogens (tertiary/aromatic N) is 3. The SMILES string of the molecule is CC(=O)c1ccc(Nc2ncnc(Nc3cc(F)ccc3F)c2[N+](=O)[O-])cc1. The molecule has 3 rings (SSSR count). The summed E-state index contributed by atoms with van der Waals surface area (Å²) in [5.74, 6) is -2.11. The molecule has 10 heteroatoms. The highest BCUT2D eigenvalue weighted by molar-refractivity contribution is 5.94. The Morgan fingerprint density at radius 3 is 2.29 bits per heavy atom. The van der Waals surface area contributed by atoms with Crippen LogP contribution in [0.3, 0.4) is 0 Å². The normalized spacial score (nSPS) is 10.4. The third kappa shape index (κ3) is 4.06. The maximum absolute atomic E-state index is 13.9. The number of nitro groups is 1. The topological polar surface area (TPSA) is 110 Å². The van der Waals surface area contributed by atoms with E-state index in [2.05, 4.69) is 20.6 Å². The van der Waals surface area contributed by atoms with Crippen LogP contribution in [0.2, 0.25) is 0 Å². The summed E-state index contributed by atoms with van der Waals surface area (Å²) in [5.41, 5.74) is 0.0572. The number of rotatable bonds is 6. The van der Waals surface area contributed by atoms with Crippen molar-refractivity contribution in [3.8, 4) is 0 Å². The van der Waals surface area contributed by atoms with Crippen molar-refractivity contribution in [1.82, 2.24) is 9.97 Å². The lowest BCUT2D eigenvalue weighted by atomic mass is 10.1. The molecule has 0 fully saturated rings. The van der Waals surface area contributed by atoms with Gasteiger partial charge in [-0.25, -0.2) is 18.7 Å². The van der Waals surface area contributed by atoms with E-state index in [1.807, 2.05) is 0 Å². The van der Waals surface area contributed by atoms with Crippen molar-refractivity contribution in [1.29, 1.82) is 0 Å². The smallest absolute Gasteiger partial charge is 0.334 e. The number of ketones is 1. The molecule has 8 nitrogen and oxygen atoms in total. The molecule has 0 spiro atoms. The lowest BCUT2D eigenvalue weighted by Crippen LogP contribution is -2.06. The molecule has 0 radical (unpaired) electrons. The van der Waals surface area contributed by atoms with Gasteiger partial charge in [0, 0.05) is 17.3 Å². The fourth-order valence-electron chi connectivity index (χ4n) is 2.38. The van der Waals surface area contributed by atoms with E-state index in [4.69, 9.17) is 0 Å². The van der Waals surface area contributed by atoms with Crippen LogP contribution >= 0.6 is 0 Å². The van der Waals surface area contributed by atoms with Crippen LogP contribution in [-0.4, -0.2) is 20.7 Å². The molecular formula is C18H13F2N5O3. The summed E-state index contributed by atoms with van der Waals surface area (Å²) in [5, 5.41) is 16.7. The van der Waals surface area contributed by atoms with E-state index in [-0.39, 0.29) is 23.1 Å². The highest BCUT2D eigenvalue weighted by atomic mass is 19.1. The molecule has 0 aliphatic rings. The molecule has 0 saturated heterocycles. The average Bonchev–Trinajstić information content (AvgIpc) is 2.65. The minimum atomic E-state index is -0.802. The lowest BCUT2D eigenvalue weighted by molar-refractivity contribution is -0.383. The fourth-order valence-corrected chi connectivity index (χ4v) is 2.38. The van der Waals surface area contributed by atoms with E-state index in [9.17, 15) is 23.7 Å². The van der Waals surface area contributed by atoms with Crippen LogP contribution in [0.25, 0.3) is 0 Å². The Bertz CT molecular complexity index is 1060. The maximum atomic E-state index is 13.9. The molecule has 2 N–H and O–H groups in total. The van der Waals surface area contributed by atoms with Crippen LogP contribution < -0.4 is 10.6 Å². The van der Waals surface area contributed by atoms with Crippen molar-refractivity contribution < 1.29 is 18.5 Å². The van der Waals surface area contributed by atoms with Crippen molar-refractivity contribution in [3.05, 3.63) is 76.1 Å². The number of anilines is 4. The zero-order chi connectivity index (χ0) is 20.3. The second kappa shape index (κ2) is 7.74. The van der Waals surface area contributed by atoms with Crippen LogP contribution in [0.5, 0.6) is 0 Å². The molecule has 3 aromatic rings. The number of Topliss-reactive ketones (excluding diaryl/α,β-unsaturated/α-hetero) is 1. The summed E-state index contributed by atoms with van der Waals surface area (Å²) in [7, 11) is 0. The Hall–Kier alpha value is -3.95. The molecule has 0 unspecified atom stereocenters. The molecular weight excluding hydrogens is 372 g/mol. The standard InChI is InChI=1S/C18H13F2N5O3/c1-10(26)11-2-5-13(6-3-11)23-17-16(25(27)28)18(22-9-21-17)24-15-8-12(19)4-7-14(15)20/h2-9H,1H3,(H2,21,22,23,24). The molecule has 1 heterocycles. The van der Waals surface area contributed by atoms with Crippen LogP contribution in [0.4, 0.5) is 37.5 Å². The minimum Gasteiger partial charge on any atom is -0.334 e. The van der Waals surface area contributed by atoms with Crippen LogP contribution in [0, 0.1) is 21.7 Å². The second-order valence-corrected chi connectivity index (χ2v) is 5.68. The first-order valence-electron chi connectivity index (χ1n) is 7.94. The zero-order valence-electron chi connectivity index (χ0n) is 14.4. The largest absolute Gasteiger partial charge is 0.353 e. The molecule has 0 saturated carbocycles. The Morgan fingerprint density at radius 1 is 1.04 bits per heavy atom. The molecule has 1 aromatic heterocycles. The van der Waals surface area contributed by atoms with E-state index in [0.717, 1.165) is 24.5 Å². The van der Waals surface area contributed by atoms with E-state index in [1.165, 1.54) is 6.92 Å². The van der Waals surface area contributed by atoms with Gasteiger partial charge in [-0.15, -0.1) is 0 Å². The number of hydrogen-bond acceptors (Lipinski definition) is 7. The van der Waals surface area contributed by atoms with Gasteiger partial charge in [0.1, 0.15) is 18.0 Å². The van der Waals surface area contributed by atoms with Crippen molar-refractivity contribution in [2.45, 2.75) is 6.92 Å². The first-order valence-corrected chi connectivity index (χ1v) is 7.94. The van der Waals surface area contributed by atoms with Gasteiger partial charge in [-0.1, -0.05) is 0 Å². The minimum absolute atomic E-state index is 0.122. The third-order valence-corrected chi connectivity index (χ3v) is 3.74. The highest BCUT2D eigenvalue weighted by Gasteiger charge is 2.24. The highest BCUT2D eigenvalue weighted by Crippen LogP contribution is 2.33. The van der Waals surface area contributed by atoms with Crippen molar-refractivity contribution in [2.24, 2.45) is 0 Å². The molecule has 0 aliphatic carbocycles. The third-order valence-electron chi connectivity index (χ3n) is 3.74.